The monoisotopic (exact) mass is 375 g/mol. The molecule has 0 bridgehead atoms. The summed E-state index contributed by atoms with van der Waals surface area (Å²) in [5.74, 6) is -0.595. The lowest BCUT2D eigenvalue weighted by Crippen LogP contribution is -2.39. The highest BCUT2D eigenvalue weighted by atomic mass is 19.1. The van der Waals surface area contributed by atoms with Gasteiger partial charge in [0.15, 0.2) is 0 Å². The molecule has 2 fully saturated rings. The average Bonchev–Trinajstić information content (AvgIpc) is 3.22. The number of carbonyl (C=O) groups is 3. The Balaban J connectivity index is 1.46. The van der Waals surface area contributed by atoms with Crippen molar-refractivity contribution in [1.29, 1.82) is 0 Å². The number of nitrogens with zero attached hydrogens (tertiary/aromatic N) is 2. The second kappa shape index (κ2) is 8.06. The van der Waals surface area contributed by atoms with Crippen LogP contribution in [0.25, 0.3) is 0 Å². The number of benzene rings is 1. The van der Waals surface area contributed by atoms with Crippen LogP contribution in [0, 0.1) is 11.2 Å². The minimum Gasteiger partial charge on any atom is -0.352 e. The predicted molar refractivity (Wildman–Crippen MR) is 98.5 cm³/mol. The fourth-order valence-corrected chi connectivity index (χ4v) is 3.98. The van der Waals surface area contributed by atoms with Gasteiger partial charge in [-0.1, -0.05) is 6.92 Å². The molecular weight excluding hydrogens is 349 g/mol. The lowest BCUT2D eigenvalue weighted by atomic mass is 9.85. The lowest BCUT2D eigenvalue weighted by molar-refractivity contribution is -0.136. The Morgan fingerprint density at radius 1 is 1.19 bits per heavy atom. The highest BCUT2D eigenvalue weighted by Gasteiger charge is 2.51. The van der Waals surface area contributed by atoms with E-state index in [9.17, 15) is 18.8 Å². The van der Waals surface area contributed by atoms with Crippen molar-refractivity contribution in [3.8, 4) is 0 Å². The molecule has 7 heteroatoms. The van der Waals surface area contributed by atoms with E-state index in [1.54, 1.807) is 4.90 Å². The number of nitrogens with one attached hydrogen (secondary N) is 1. The Morgan fingerprint density at radius 3 is 2.59 bits per heavy atom. The topological polar surface area (TPSA) is 69.7 Å². The zero-order valence-electron chi connectivity index (χ0n) is 15.7. The highest BCUT2D eigenvalue weighted by molar-refractivity contribution is 5.94. The van der Waals surface area contributed by atoms with E-state index in [0.717, 1.165) is 32.4 Å². The maximum atomic E-state index is 12.9. The summed E-state index contributed by atoms with van der Waals surface area (Å²) in [6.07, 6.45) is 2.67. The van der Waals surface area contributed by atoms with Crippen molar-refractivity contribution < 1.29 is 18.8 Å². The summed E-state index contributed by atoms with van der Waals surface area (Å²) >= 11 is 0. The zero-order chi connectivity index (χ0) is 19.4. The summed E-state index contributed by atoms with van der Waals surface area (Å²) in [7, 11) is 0. The molecule has 1 unspecified atom stereocenters. The average molecular weight is 375 g/mol. The molecule has 1 atom stereocenters. The summed E-state index contributed by atoms with van der Waals surface area (Å²) in [5, 5.41) is 2.68. The number of carbonyl (C=O) groups excluding carboxylic acids is 3. The van der Waals surface area contributed by atoms with E-state index in [4.69, 9.17) is 0 Å². The first kappa shape index (κ1) is 19.3. The van der Waals surface area contributed by atoms with Crippen LogP contribution < -0.4 is 5.32 Å². The molecule has 1 spiro atoms. The van der Waals surface area contributed by atoms with Gasteiger partial charge in [-0.25, -0.2) is 4.39 Å². The second-order valence-corrected chi connectivity index (χ2v) is 7.40. The van der Waals surface area contributed by atoms with E-state index < -0.39 is 11.2 Å². The molecule has 2 aliphatic rings. The molecule has 2 saturated heterocycles. The van der Waals surface area contributed by atoms with Crippen LogP contribution in [0.3, 0.4) is 0 Å². The number of likely N-dealkylation sites (tertiary alicyclic amines) is 2. The summed E-state index contributed by atoms with van der Waals surface area (Å²) in [6, 6.07) is 5.27. The Bertz CT molecular complexity index is 722. The maximum absolute atomic E-state index is 12.9. The summed E-state index contributed by atoms with van der Waals surface area (Å²) in [5.41, 5.74) is -0.0427. The number of halogens is 1. The van der Waals surface area contributed by atoms with Gasteiger partial charge in [0.25, 0.3) is 5.91 Å². The Labute approximate surface area is 158 Å². The van der Waals surface area contributed by atoms with Gasteiger partial charge in [0.2, 0.25) is 11.8 Å². The molecule has 2 aliphatic heterocycles. The van der Waals surface area contributed by atoms with Gasteiger partial charge in [-0.2, -0.15) is 0 Å². The largest absolute Gasteiger partial charge is 0.352 e. The SMILES string of the molecule is CCCN1CCC2(CCN(C(=O)CCNC(=O)c3ccc(F)cc3)C2)C1=O. The van der Waals surface area contributed by atoms with Crippen molar-refractivity contribution in [1.82, 2.24) is 15.1 Å². The van der Waals surface area contributed by atoms with Crippen LogP contribution in [-0.2, 0) is 9.59 Å². The fraction of sp³-hybridized carbons (Fsp3) is 0.550. The van der Waals surface area contributed by atoms with Gasteiger partial charge in [0.05, 0.1) is 5.41 Å². The van der Waals surface area contributed by atoms with E-state index >= 15 is 0 Å². The third-order valence-corrected chi connectivity index (χ3v) is 5.53. The van der Waals surface area contributed by atoms with Crippen LogP contribution in [0.2, 0.25) is 0 Å². The summed E-state index contributed by atoms with van der Waals surface area (Å²) < 4.78 is 12.9. The molecule has 0 saturated carbocycles. The molecule has 2 heterocycles. The van der Waals surface area contributed by atoms with Gasteiger partial charge in [0, 0.05) is 44.7 Å². The number of amides is 3. The lowest BCUT2D eigenvalue weighted by Gasteiger charge is -2.23. The van der Waals surface area contributed by atoms with Crippen LogP contribution in [-0.4, -0.2) is 60.2 Å². The van der Waals surface area contributed by atoms with Crippen LogP contribution in [0.1, 0.15) is 43.0 Å². The van der Waals surface area contributed by atoms with Crippen molar-refractivity contribution in [2.45, 2.75) is 32.6 Å². The van der Waals surface area contributed by atoms with Crippen molar-refractivity contribution >= 4 is 17.7 Å². The van der Waals surface area contributed by atoms with Crippen LogP contribution in [0.4, 0.5) is 4.39 Å². The van der Waals surface area contributed by atoms with Gasteiger partial charge in [-0.15, -0.1) is 0 Å². The predicted octanol–water partition coefficient (Wildman–Crippen LogP) is 1.81. The van der Waals surface area contributed by atoms with Crippen molar-refractivity contribution in [3.63, 3.8) is 0 Å². The Morgan fingerprint density at radius 2 is 1.89 bits per heavy atom. The van der Waals surface area contributed by atoms with E-state index in [1.165, 1.54) is 24.3 Å². The number of hydrogen-bond donors (Lipinski definition) is 1. The van der Waals surface area contributed by atoms with Gasteiger partial charge in [-0.05, 0) is 43.5 Å². The first-order valence-electron chi connectivity index (χ1n) is 9.56. The molecule has 0 aromatic heterocycles. The first-order valence-corrected chi connectivity index (χ1v) is 9.56. The Kier molecular flexibility index (Phi) is 5.77. The van der Waals surface area contributed by atoms with Gasteiger partial charge >= 0.3 is 0 Å². The molecule has 0 radical (unpaired) electrons. The summed E-state index contributed by atoms with van der Waals surface area (Å²) in [4.78, 5) is 40.8. The number of rotatable bonds is 6. The van der Waals surface area contributed by atoms with Crippen molar-refractivity contribution in [2.75, 3.05) is 32.7 Å². The van der Waals surface area contributed by atoms with Gasteiger partial charge in [0.1, 0.15) is 5.82 Å². The Hall–Kier alpha value is -2.44. The number of hydrogen-bond acceptors (Lipinski definition) is 3. The molecule has 146 valence electrons. The minimum absolute atomic E-state index is 0.0481. The molecule has 3 amide bonds. The van der Waals surface area contributed by atoms with E-state index in [1.807, 2.05) is 4.90 Å². The maximum Gasteiger partial charge on any atom is 0.251 e. The molecule has 6 nitrogen and oxygen atoms in total. The van der Waals surface area contributed by atoms with Gasteiger partial charge in [-0.3, -0.25) is 14.4 Å². The van der Waals surface area contributed by atoms with Crippen LogP contribution in [0.15, 0.2) is 24.3 Å². The third-order valence-electron chi connectivity index (χ3n) is 5.53. The van der Waals surface area contributed by atoms with E-state index in [2.05, 4.69) is 12.2 Å². The third kappa shape index (κ3) is 4.12. The van der Waals surface area contributed by atoms with Crippen LogP contribution >= 0.6 is 0 Å². The normalized spacial score (nSPS) is 21.9. The minimum atomic E-state index is -0.401. The molecule has 27 heavy (non-hydrogen) atoms. The molecule has 1 aromatic rings. The first-order chi connectivity index (χ1) is 12.9. The molecule has 3 rings (SSSR count). The van der Waals surface area contributed by atoms with Crippen molar-refractivity contribution in [3.05, 3.63) is 35.6 Å². The highest BCUT2D eigenvalue weighted by Crippen LogP contribution is 2.40. The fourth-order valence-electron chi connectivity index (χ4n) is 3.98. The summed E-state index contributed by atoms with van der Waals surface area (Å²) in [6.45, 7) is 4.91. The standard InChI is InChI=1S/C20H26FN3O3/c1-2-11-23-12-8-20(19(23)27)9-13-24(14-20)17(25)7-10-22-18(26)15-3-5-16(21)6-4-15/h3-6H,2,7-14H2,1H3,(H,22,26). The van der Waals surface area contributed by atoms with E-state index in [0.29, 0.717) is 18.7 Å². The van der Waals surface area contributed by atoms with Crippen LogP contribution in [0.5, 0.6) is 0 Å². The second-order valence-electron chi connectivity index (χ2n) is 7.40. The zero-order valence-corrected chi connectivity index (χ0v) is 15.7. The van der Waals surface area contributed by atoms with Crippen molar-refractivity contribution in [2.24, 2.45) is 5.41 Å². The smallest absolute Gasteiger partial charge is 0.251 e. The van der Waals surface area contributed by atoms with E-state index in [-0.39, 0.29) is 30.7 Å². The quantitative estimate of drug-likeness (QED) is 0.824. The molecular formula is C20H26FN3O3. The molecule has 1 N–H and O–H groups in total. The molecule has 0 aliphatic carbocycles. The molecule has 1 aromatic carbocycles. The van der Waals surface area contributed by atoms with Gasteiger partial charge < -0.3 is 15.1 Å².